The summed E-state index contributed by atoms with van der Waals surface area (Å²) in [5.74, 6) is -0.721. The van der Waals surface area contributed by atoms with Crippen molar-refractivity contribution < 1.29 is 9.18 Å². The molecule has 3 rings (SSSR count). The van der Waals surface area contributed by atoms with Crippen molar-refractivity contribution in [3.63, 3.8) is 0 Å². The normalized spacial score (nSPS) is 11.4. The largest absolute Gasteiger partial charge is 0.369 e. The summed E-state index contributed by atoms with van der Waals surface area (Å²) in [4.78, 5) is 34.6. The van der Waals surface area contributed by atoms with E-state index in [9.17, 15) is 14.0 Å². The molecule has 3 N–H and O–H groups in total. The molecule has 0 radical (unpaired) electrons. The standard InChI is InChI=1S/C20H18ClFN4O2/c1-20(2,19(23)28)8-11-3-4-15(21)14(5-11)18-25-16(7-17(27)26-18)12-6-13(22)10-24-9-12/h3-7,9-10H,8H2,1-2H3,(H2,23,28)(H,25,26,27). The van der Waals surface area contributed by atoms with E-state index in [0.717, 1.165) is 11.8 Å². The topological polar surface area (TPSA) is 102 Å². The van der Waals surface area contributed by atoms with Gasteiger partial charge in [-0.15, -0.1) is 0 Å². The first-order valence-electron chi connectivity index (χ1n) is 8.47. The number of amides is 1. The van der Waals surface area contributed by atoms with Crippen LogP contribution in [0, 0.1) is 11.2 Å². The van der Waals surface area contributed by atoms with Gasteiger partial charge in [0, 0.05) is 28.8 Å². The first-order valence-corrected chi connectivity index (χ1v) is 8.84. The number of primary amides is 1. The van der Waals surface area contributed by atoms with Crippen LogP contribution in [-0.4, -0.2) is 20.9 Å². The molecule has 2 aromatic heterocycles. The molecule has 0 spiro atoms. The summed E-state index contributed by atoms with van der Waals surface area (Å²) < 4.78 is 13.5. The number of rotatable bonds is 5. The van der Waals surface area contributed by atoms with Crippen LogP contribution in [0.1, 0.15) is 19.4 Å². The second-order valence-electron chi connectivity index (χ2n) is 7.11. The number of carbonyl (C=O) groups is 1. The molecule has 8 heteroatoms. The van der Waals surface area contributed by atoms with Crippen LogP contribution in [0.15, 0.2) is 47.5 Å². The third-order valence-corrected chi connectivity index (χ3v) is 4.67. The maximum Gasteiger partial charge on any atom is 0.251 e. The van der Waals surface area contributed by atoms with Gasteiger partial charge in [0.1, 0.15) is 11.6 Å². The first kappa shape index (κ1) is 19.7. The van der Waals surface area contributed by atoms with E-state index in [2.05, 4.69) is 15.0 Å². The van der Waals surface area contributed by atoms with Crippen molar-refractivity contribution >= 4 is 17.5 Å². The molecular weight excluding hydrogens is 383 g/mol. The number of aromatic amines is 1. The number of H-pyrrole nitrogens is 1. The number of pyridine rings is 1. The van der Waals surface area contributed by atoms with E-state index in [1.54, 1.807) is 32.0 Å². The number of hydrogen-bond acceptors (Lipinski definition) is 4. The molecule has 1 amide bonds. The number of hydrogen-bond donors (Lipinski definition) is 2. The van der Waals surface area contributed by atoms with Crippen LogP contribution < -0.4 is 11.3 Å². The minimum atomic E-state index is -0.749. The van der Waals surface area contributed by atoms with Crippen molar-refractivity contribution in [1.29, 1.82) is 0 Å². The lowest BCUT2D eigenvalue weighted by Gasteiger charge is -2.20. The Bertz CT molecular complexity index is 1110. The van der Waals surface area contributed by atoms with Gasteiger partial charge in [-0.1, -0.05) is 31.5 Å². The van der Waals surface area contributed by atoms with Gasteiger partial charge in [0.05, 0.1) is 16.9 Å². The van der Waals surface area contributed by atoms with Gasteiger partial charge in [0.2, 0.25) is 5.91 Å². The van der Waals surface area contributed by atoms with Crippen LogP contribution in [0.2, 0.25) is 5.02 Å². The van der Waals surface area contributed by atoms with E-state index in [1.165, 1.54) is 18.3 Å². The summed E-state index contributed by atoms with van der Waals surface area (Å²) in [5, 5.41) is 0.373. The zero-order valence-corrected chi connectivity index (χ0v) is 16.0. The minimum Gasteiger partial charge on any atom is -0.369 e. The van der Waals surface area contributed by atoms with E-state index in [4.69, 9.17) is 17.3 Å². The molecule has 2 heterocycles. The van der Waals surface area contributed by atoms with Crippen molar-refractivity contribution in [3.05, 3.63) is 69.5 Å². The highest BCUT2D eigenvalue weighted by atomic mass is 35.5. The van der Waals surface area contributed by atoms with Crippen molar-refractivity contribution in [2.45, 2.75) is 20.3 Å². The zero-order valence-electron chi connectivity index (χ0n) is 15.3. The first-order chi connectivity index (χ1) is 13.2. The van der Waals surface area contributed by atoms with Crippen LogP contribution in [0.5, 0.6) is 0 Å². The molecule has 144 valence electrons. The van der Waals surface area contributed by atoms with E-state index < -0.39 is 22.7 Å². The third-order valence-electron chi connectivity index (χ3n) is 4.34. The Labute approximate surface area is 165 Å². The Balaban J connectivity index is 2.07. The van der Waals surface area contributed by atoms with E-state index >= 15 is 0 Å². The fourth-order valence-electron chi connectivity index (χ4n) is 2.75. The highest BCUT2D eigenvalue weighted by Gasteiger charge is 2.25. The van der Waals surface area contributed by atoms with Crippen molar-refractivity contribution in [2.75, 3.05) is 0 Å². The number of benzene rings is 1. The van der Waals surface area contributed by atoms with Crippen LogP contribution in [0.3, 0.4) is 0 Å². The summed E-state index contributed by atoms with van der Waals surface area (Å²) in [5.41, 5.74) is 6.23. The molecule has 3 aromatic rings. The Morgan fingerprint density at radius 1 is 1.25 bits per heavy atom. The molecule has 0 aliphatic rings. The Kier molecular flexibility index (Phi) is 5.29. The predicted molar refractivity (Wildman–Crippen MR) is 105 cm³/mol. The van der Waals surface area contributed by atoms with Gasteiger partial charge in [0.25, 0.3) is 5.56 Å². The maximum atomic E-state index is 13.5. The monoisotopic (exact) mass is 400 g/mol. The summed E-state index contributed by atoms with van der Waals surface area (Å²) >= 11 is 6.31. The number of halogens is 2. The fourth-order valence-corrected chi connectivity index (χ4v) is 2.95. The van der Waals surface area contributed by atoms with Crippen LogP contribution >= 0.6 is 11.6 Å². The molecule has 0 unspecified atom stereocenters. The SMILES string of the molecule is CC(C)(Cc1ccc(Cl)c(-c2nc(-c3cncc(F)c3)cc(=O)[nH]2)c1)C(N)=O. The lowest BCUT2D eigenvalue weighted by Crippen LogP contribution is -2.33. The lowest BCUT2D eigenvalue weighted by atomic mass is 9.85. The number of aromatic nitrogens is 3. The number of carbonyl (C=O) groups excluding carboxylic acids is 1. The molecule has 0 saturated heterocycles. The summed E-state index contributed by atoms with van der Waals surface area (Å²) in [6, 6.07) is 7.70. The highest BCUT2D eigenvalue weighted by molar-refractivity contribution is 6.33. The van der Waals surface area contributed by atoms with E-state index in [-0.39, 0.29) is 11.5 Å². The van der Waals surface area contributed by atoms with Gasteiger partial charge in [-0.25, -0.2) is 9.37 Å². The molecule has 0 aliphatic heterocycles. The molecule has 0 saturated carbocycles. The highest BCUT2D eigenvalue weighted by Crippen LogP contribution is 2.30. The van der Waals surface area contributed by atoms with Crippen molar-refractivity contribution in [1.82, 2.24) is 15.0 Å². The van der Waals surface area contributed by atoms with Crippen molar-refractivity contribution in [3.8, 4) is 22.6 Å². The molecule has 28 heavy (non-hydrogen) atoms. The van der Waals surface area contributed by atoms with Crippen LogP contribution in [-0.2, 0) is 11.2 Å². The van der Waals surface area contributed by atoms with Crippen LogP contribution in [0.25, 0.3) is 22.6 Å². The van der Waals surface area contributed by atoms with E-state index in [0.29, 0.717) is 22.6 Å². The third kappa shape index (κ3) is 4.26. The second kappa shape index (κ2) is 7.52. The number of nitrogens with two attached hydrogens (primary N) is 1. The number of nitrogens with one attached hydrogen (secondary N) is 1. The molecule has 0 fully saturated rings. The van der Waals surface area contributed by atoms with Gasteiger partial charge in [-0.2, -0.15) is 0 Å². The zero-order chi connectivity index (χ0) is 20.5. The quantitative estimate of drug-likeness (QED) is 0.685. The second-order valence-corrected chi connectivity index (χ2v) is 7.52. The van der Waals surface area contributed by atoms with Crippen LogP contribution in [0.4, 0.5) is 4.39 Å². The molecule has 0 atom stereocenters. The molecular formula is C20H18ClFN4O2. The Hall–Kier alpha value is -3.06. The smallest absolute Gasteiger partial charge is 0.251 e. The Morgan fingerprint density at radius 2 is 2.00 bits per heavy atom. The van der Waals surface area contributed by atoms with Gasteiger partial charge in [-0.3, -0.25) is 14.6 Å². The number of nitrogens with zero attached hydrogens (tertiary/aromatic N) is 2. The fraction of sp³-hybridized carbons (Fsp3) is 0.200. The maximum absolute atomic E-state index is 13.5. The molecule has 0 aliphatic carbocycles. The van der Waals surface area contributed by atoms with Gasteiger partial charge >= 0.3 is 0 Å². The van der Waals surface area contributed by atoms with Crippen molar-refractivity contribution in [2.24, 2.45) is 11.1 Å². The molecule has 1 aromatic carbocycles. The summed E-state index contributed by atoms with van der Waals surface area (Å²) in [6.07, 6.45) is 2.88. The molecule has 0 bridgehead atoms. The summed E-state index contributed by atoms with van der Waals surface area (Å²) in [6.45, 7) is 3.50. The molecule has 6 nitrogen and oxygen atoms in total. The Morgan fingerprint density at radius 3 is 2.68 bits per heavy atom. The van der Waals surface area contributed by atoms with E-state index in [1.807, 2.05) is 0 Å². The van der Waals surface area contributed by atoms with Gasteiger partial charge in [0.15, 0.2) is 0 Å². The van der Waals surface area contributed by atoms with Gasteiger partial charge in [-0.05, 0) is 30.2 Å². The average Bonchev–Trinajstić information content (AvgIpc) is 2.62. The average molecular weight is 401 g/mol. The minimum absolute atomic E-state index is 0.232. The summed E-state index contributed by atoms with van der Waals surface area (Å²) in [7, 11) is 0. The van der Waals surface area contributed by atoms with Gasteiger partial charge < -0.3 is 10.7 Å². The predicted octanol–water partition coefficient (Wildman–Crippen LogP) is 3.35. The lowest BCUT2D eigenvalue weighted by molar-refractivity contribution is -0.125.